The molecule has 4 aliphatic carbocycles. The minimum absolute atomic E-state index is 0.807. The zero-order valence-corrected chi connectivity index (χ0v) is 16.9. The highest BCUT2D eigenvalue weighted by Crippen LogP contribution is 2.58. The van der Waals surface area contributed by atoms with E-state index in [2.05, 4.69) is 69.2 Å². The highest BCUT2D eigenvalue weighted by Gasteiger charge is 2.43. The van der Waals surface area contributed by atoms with E-state index in [-0.39, 0.29) is 0 Å². The van der Waals surface area contributed by atoms with Gasteiger partial charge in [-0.1, -0.05) is 22.0 Å². The first-order chi connectivity index (χ1) is 12.7. The fourth-order valence-corrected chi connectivity index (χ4v) is 6.81. The average molecular weight is 409 g/mol. The Bertz CT molecular complexity index is 878. The van der Waals surface area contributed by atoms with Crippen LogP contribution in [0.25, 0.3) is 0 Å². The third-order valence-electron chi connectivity index (χ3n) is 7.37. The molecule has 2 fully saturated rings. The fraction of sp³-hybridized carbons (Fsp3) is 0.478. The number of rotatable bonds is 1. The second kappa shape index (κ2) is 5.51. The quantitative estimate of drug-likeness (QED) is 0.539. The number of halogens is 1. The van der Waals surface area contributed by atoms with Gasteiger partial charge in [-0.15, -0.1) is 0 Å². The molecular formula is C23H25BrN2. The van der Waals surface area contributed by atoms with E-state index < -0.39 is 0 Å². The summed E-state index contributed by atoms with van der Waals surface area (Å²) in [7, 11) is 2.24. The van der Waals surface area contributed by atoms with E-state index in [1.54, 1.807) is 11.1 Å². The molecule has 2 unspecified atom stereocenters. The molecule has 0 N–H and O–H groups in total. The molecule has 26 heavy (non-hydrogen) atoms. The maximum atomic E-state index is 3.64. The molecule has 0 spiro atoms. The van der Waals surface area contributed by atoms with Crippen LogP contribution in [0.5, 0.6) is 0 Å². The molecule has 134 valence electrons. The van der Waals surface area contributed by atoms with E-state index in [1.165, 1.54) is 49.2 Å². The van der Waals surface area contributed by atoms with Gasteiger partial charge >= 0.3 is 0 Å². The highest BCUT2D eigenvalue weighted by atomic mass is 79.9. The lowest BCUT2D eigenvalue weighted by Crippen LogP contribution is -2.25. The topological polar surface area (TPSA) is 6.48 Å². The van der Waals surface area contributed by atoms with Crippen molar-refractivity contribution in [2.75, 3.05) is 23.5 Å². The molecule has 0 radical (unpaired) electrons. The number of anilines is 3. The van der Waals surface area contributed by atoms with Crippen molar-refractivity contribution in [3.63, 3.8) is 0 Å². The smallest absolute Gasteiger partial charge is 0.0950 e. The maximum Gasteiger partial charge on any atom is 0.0950 e. The number of hydrogen-bond acceptors (Lipinski definition) is 2. The van der Waals surface area contributed by atoms with Gasteiger partial charge in [-0.2, -0.15) is 0 Å². The zero-order chi connectivity index (χ0) is 17.4. The molecule has 0 saturated heterocycles. The van der Waals surface area contributed by atoms with Crippen molar-refractivity contribution in [1.82, 2.24) is 0 Å². The summed E-state index contributed by atoms with van der Waals surface area (Å²) in [6.07, 6.45) is 7.26. The van der Waals surface area contributed by atoms with Gasteiger partial charge in [0.25, 0.3) is 0 Å². The second-order valence-corrected chi connectivity index (χ2v) is 9.94. The molecule has 0 aromatic heterocycles. The maximum absolute atomic E-state index is 3.64. The molecule has 5 aliphatic rings. The molecule has 1 aliphatic heterocycles. The van der Waals surface area contributed by atoms with Gasteiger partial charge in [-0.05, 0) is 97.2 Å². The van der Waals surface area contributed by atoms with Crippen LogP contribution in [0.15, 0.2) is 40.9 Å². The van der Waals surface area contributed by atoms with Crippen LogP contribution in [-0.2, 0) is 0 Å². The Morgan fingerprint density at radius 2 is 1.50 bits per heavy atom. The summed E-state index contributed by atoms with van der Waals surface area (Å²) in [5.74, 6) is 3.60. The number of nitrogens with zero attached hydrogens (tertiary/aromatic N) is 2. The van der Waals surface area contributed by atoms with Crippen molar-refractivity contribution in [2.45, 2.75) is 43.9 Å². The Morgan fingerprint density at radius 1 is 0.846 bits per heavy atom. The van der Waals surface area contributed by atoms with Crippen molar-refractivity contribution in [3.8, 4) is 0 Å². The van der Waals surface area contributed by atoms with Gasteiger partial charge in [0.2, 0.25) is 0 Å². The summed E-state index contributed by atoms with van der Waals surface area (Å²) >= 11 is 3.64. The molecule has 0 amide bonds. The van der Waals surface area contributed by atoms with Crippen LogP contribution in [-0.4, -0.2) is 13.7 Å². The highest BCUT2D eigenvalue weighted by molar-refractivity contribution is 9.10. The lowest BCUT2D eigenvalue weighted by Gasteiger charge is -2.38. The Morgan fingerprint density at radius 3 is 2.15 bits per heavy atom. The molecule has 7 rings (SSSR count). The molecule has 2 atom stereocenters. The van der Waals surface area contributed by atoms with Gasteiger partial charge in [0, 0.05) is 17.2 Å². The van der Waals surface area contributed by atoms with Gasteiger partial charge in [0.05, 0.1) is 18.0 Å². The summed E-state index contributed by atoms with van der Waals surface area (Å²) in [5, 5.41) is 0. The van der Waals surface area contributed by atoms with Crippen LogP contribution >= 0.6 is 15.9 Å². The molecule has 1 heterocycles. The molecule has 3 heteroatoms. The first-order valence-corrected chi connectivity index (χ1v) is 10.9. The standard InChI is InChI=1S/C23H25BrN2/c1-25-13-26(19-4-2-3-18(24)10-19)23-12-21-17-8-14-5-15(9-17)7-16(6-14)20(21)11-22(23)25/h2-4,10-12,14-17H,5-9,13H2,1H3. The van der Waals surface area contributed by atoms with E-state index in [1.807, 2.05) is 0 Å². The van der Waals surface area contributed by atoms with Crippen LogP contribution in [0.1, 0.15) is 55.1 Å². The Balaban J connectivity index is 1.50. The van der Waals surface area contributed by atoms with E-state index in [0.29, 0.717) is 0 Å². The third kappa shape index (κ3) is 2.22. The van der Waals surface area contributed by atoms with Crippen LogP contribution in [0, 0.1) is 11.8 Å². The number of benzene rings is 2. The molecular weight excluding hydrogens is 384 g/mol. The summed E-state index contributed by atoms with van der Waals surface area (Å²) in [4.78, 5) is 4.90. The van der Waals surface area contributed by atoms with Gasteiger partial charge in [0.1, 0.15) is 0 Å². The largest absolute Gasteiger partial charge is 0.355 e. The van der Waals surface area contributed by atoms with Gasteiger partial charge in [0.15, 0.2) is 0 Å². The van der Waals surface area contributed by atoms with E-state index in [0.717, 1.165) is 34.8 Å². The van der Waals surface area contributed by atoms with Crippen LogP contribution in [0.4, 0.5) is 17.1 Å². The number of hydrogen-bond donors (Lipinski definition) is 0. The van der Waals surface area contributed by atoms with E-state index in [9.17, 15) is 0 Å². The molecule has 2 saturated carbocycles. The van der Waals surface area contributed by atoms with E-state index in [4.69, 9.17) is 0 Å². The third-order valence-corrected chi connectivity index (χ3v) is 7.87. The van der Waals surface area contributed by atoms with Gasteiger partial charge in [-0.25, -0.2) is 0 Å². The lowest BCUT2D eigenvalue weighted by molar-refractivity contribution is 0.166. The summed E-state index contributed by atoms with van der Waals surface area (Å²) in [6.45, 7) is 0.940. The molecule has 2 aromatic carbocycles. The summed E-state index contributed by atoms with van der Waals surface area (Å²) in [6, 6.07) is 13.9. The monoisotopic (exact) mass is 408 g/mol. The number of fused-ring (bicyclic) bond motifs is 1. The average Bonchev–Trinajstić information content (AvgIpc) is 2.86. The minimum Gasteiger partial charge on any atom is -0.355 e. The second-order valence-electron chi connectivity index (χ2n) is 9.02. The van der Waals surface area contributed by atoms with Crippen molar-refractivity contribution < 1.29 is 0 Å². The molecule has 4 bridgehead atoms. The van der Waals surface area contributed by atoms with Crippen molar-refractivity contribution >= 4 is 33.0 Å². The fourth-order valence-electron chi connectivity index (χ4n) is 6.43. The SMILES string of the molecule is CN1CN(c2cccc(Br)c2)c2cc3c(cc21)C1CC2CC(C1)CC3C2. The van der Waals surface area contributed by atoms with Crippen LogP contribution in [0.3, 0.4) is 0 Å². The van der Waals surface area contributed by atoms with Crippen LogP contribution < -0.4 is 9.80 Å². The predicted molar refractivity (Wildman–Crippen MR) is 112 cm³/mol. The Hall–Kier alpha value is -1.48. The van der Waals surface area contributed by atoms with Gasteiger partial charge in [-0.3, -0.25) is 0 Å². The molecule has 2 aromatic rings. The van der Waals surface area contributed by atoms with Crippen molar-refractivity contribution in [2.24, 2.45) is 11.8 Å². The predicted octanol–water partition coefficient (Wildman–Crippen LogP) is 6.39. The first-order valence-electron chi connectivity index (χ1n) is 10.1. The van der Waals surface area contributed by atoms with Crippen molar-refractivity contribution in [1.29, 1.82) is 0 Å². The van der Waals surface area contributed by atoms with E-state index >= 15 is 0 Å². The summed E-state index contributed by atoms with van der Waals surface area (Å²) < 4.78 is 1.15. The minimum atomic E-state index is 0.807. The Labute approximate surface area is 164 Å². The summed E-state index contributed by atoms with van der Waals surface area (Å²) in [5.41, 5.74) is 7.50. The Kier molecular flexibility index (Phi) is 3.30. The first kappa shape index (κ1) is 15.6. The van der Waals surface area contributed by atoms with Gasteiger partial charge < -0.3 is 9.80 Å². The zero-order valence-electron chi connectivity index (χ0n) is 15.3. The normalized spacial score (nSPS) is 31.2. The lowest BCUT2D eigenvalue weighted by atomic mass is 9.67. The van der Waals surface area contributed by atoms with Crippen LogP contribution in [0.2, 0.25) is 0 Å². The van der Waals surface area contributed by atoms with Crippen molar-refractivity contribution in [3.05, 3.63) is 52.0 Å². The molecule has 2 nitrogen and oxygen atoms in total.